The van der Waals surface area contributed by atoms with E-state index < -0.39 is 24.3 Å². The molecule has 4 N–H and O–H groups in total. The highest BCUT2D eigenvalue weighted by molar-refractivity contribution is 9.11. The number of carbonyl (C=O) groups is 2. The number of nitrogens with one attached hydrogen (secondary N) is 2. The average Bonchev–Trinajstić information content (AvgIpc) is 3.34. The van der Waals surface area contributed by atoms with Crippen LogP contribution in [0.5, 0.6) is 5.88 Å². The van der Waals surface area contributed by atoms with Gasteiger partial charge in [-0.05, 0) is 27.6 Å². The van der Waals surface area contributed by atoms with E-state index in [-0.39, 0.29) is 31.3 Å². The normalized spacial score (nSPS) is 19.8. The smallest absolute Gasteiger partial charge is 0.393 e. The average molecular weight is 494 g/mol. The van der Waals surface area contributed by atoms with Crippen molar-refractivity contribution in [1.29, 1.82) is 0 Å². The number of benzene rings is 1. The number of fused-ring (bicyclic) bond motifs is 1. The zero-order chi connectivity index (χ0) is 21.3. The summed E-state index contributed by atoms with van der Waals surface area (Å²) in [6.45, 7) is 0.0353. The molecular weight excluding hydrogens is 474 g/mol. The molecule has 1 aliphatic rings. The Hall–Kier alpha value is -2.40. The summed E-state index contributed by atoms with van der Waals surface area (Å²) in [6, 6.07) is 12.0. The highest BCUT2D eigenvalue weighted by Crippen LogP contribution is 2.32. The molecule has 0 aliphatic carbocycles. The standard InChI is InChI=1S/C20H20BrN3O5S/c21-17-7-12-16(30-17)8-18(22-12)29-20(28)23-13(6-11-4-2-1-3-5-11)19(27)24-9-14(25)15(26)10-24/h1-5,7-8,13-15,22,25-26H,6,9-10H2,(H,23,28)/t13-,14-,15-/m0/s1. The van der Waals surface area contributed by atoms with Gasteiger partial charge >= 0.3 is 6.09 Å². The molecule has 2 aromatic heterocycles. The zero-order valence-electron chi connectivity index (χ0n) is 15.7. The van der Waals surface area contributed by atoms with Gasteiger partial charge in [-0.25, -0.2) is 4.79 Å². The molecule has 30 heavy (non-hydrogen) atoms. The predicted octanol–water partition coefficient (Wildman–Crippen LogP) is 2.26. The molecule has 0 bridgehead atoms. The number of carbonyl (C=O) groups excluding carboxylic acids is 2. The lowest BCUT2D eigenvalue weighted by molar-refractivity contribution is -0.132. The van der Waals surface area contributed by atoms with Gasteiger partial charge in [0.2, 0.25) is 11.8 Å². The number of aliphatic hydroxyl groups excluding tert-OH is 2. The fraction of sp³-hybridized carbons (Fsp3) is 0.300. The minimum Gasteiger partial charge on any atom is -0.393 e. The van der Waals surface area contributed by atoms with Crippen LogP contribution in [0.15, 0.2) is 46.3 Å². The predicted molar refractivity (Wildman–Crippen MR) is 116 cm³/mol. The number of aromatic amines is 1. The Labute approximate surface area is 184 Å². The van der Waals surface area contributed by atoms with Crippen molar-refractivity contribution in [2.45, 2.75) is 24.7 Å². The SMILES string of the molecule is O=C(N[C@@H](Cc1ccccc1)C(=O)N1C[C@H](O)[C@@H](O)C1)Oc1cc2sc(Br)cc2[nH]1. The summed E-state index contributed by atoms with van der Waals surface area (Å²) in [5.41, 5.74) is 1.70. The molecular formula is C20H20BrN3O5S. The number of nitrogens with zero attached hydrogens (tertiary/aromatic N) is 1. The molecule has 3 aromatic rings. The van der Waals surface area contributed by atoms with Crippen molar-refractivity contribution in [3.8, 4) is 5.88 Å². The molecule has 0 saturated carbocycles. The third-order valence-electron chi connectivity index (χ3n) is 4.90. The van der Waals surface area contributed by atoms with Crippen LogP contribution in [0, 0.1) is 0 Å². The van der Waals surface area contributed by atoms with Crippen molar-refractivity contribution >= 4 is 49.5 Å². The van der Waals surface area contributed by atoms with Gasteiger partial charge in [0.25, 0.3) is 0 Å². The van der Waals surface area contributed by atoms with Gasteiger partial charge in [0.1, 0.15) is 6.04 Å². The van der Waals surface area contributed by atoms with Gasteiger partial charge in [0.15, 0.2) is 0 Å². The molecule has 0 radical (unpaired) electrons. The molecule has 3 atom stereocenters. The molecule has 0 unspecified atom stereocenters. The van der Waals surface area contributed by atoms with Crippen LogP contribution in [-0.2, 0) is 11.2 Å². The first-order valence-electron chi connectivity index (χ1n) is 9.34. The Morgan fingerprint density at radius 1 is 1.23 bits per heavy atom. The highest BCUT2D eigenvalue weighted by Gasteiger charge is 2.36. The molecule has 1 fully saturated rings. The number of aliphatic hydroxyl groups is 2. The van der Waals surface area contributed by atoms with Crippen LogP contribution in [-0.4, -0.2) is 63.4 Å². The van der Waals surface area contributed by atoms with Crippen molar-refractivity contribution in [3.05, 3.63) is 51.8 Å². The molecule has 10 heteroatoms. The maximum Gasteiger partial charge on any atom is 0.414 e. The van der Waals surface area contributed by atoms with Crippen molar-refractivity contribution in [3.63, 3.8) is 0 Å². The number of β-amino-alcohol motifs (C(OH)–C–C–N with tert-alkyl or cyclic N) is 2. The number of hydrogen-bond acceptors (Lipinski definition) is 6. The second kappa shape index (κ2) is 8.76. The van der Waals surface area contributed by atoms with E-state index in [4.69, 9.17) is 4.74 Å². The van der Waals surface area contributed by atoms with Gasteiger partial charge < -0.3 is 30.2 Å². The second-order valence-corrected chi connectivity index (χ2v) is 9.58. The Morgan fingerprint density at radius 3 is 2.60 bits per heavy atom. The van der Waals surface area contributed by atoms with Crippen LogP contribution >= 0.6 is 27.3 Å². The Balaban J connectivity index is 1.47. The quantitative estimate of drug-likeness (QED) is 0.435. The van der Waals surface area contributed by atoms with Gasteiger partial charge in [0, 0.05) is 25.6 Å². The Morgan fingerprint density at radius 2 is 1.93 bits per heavy atom. The van der Waals surface area contributed by atoms with Crippen molar-refractivity contribution in [1.82, 2.24) is 15.2 Å². The van der Waals surface area contributed by atoms with Crippen LogP contribution < -0.4 is 10.1 Å². The van der Waals surface area contributed by atoms with E-state index >= 15 is 0 Å². The number of H-pyrrole nitrogens is 1. The molecule has 1 aromatic carbocycles. The van der Waals surface area contributed by atoms with E-state index in [1.165, 1.54) is 16.2 Å². The number of thiophene rings is 1. The topological polar surface area (TPSA) is 115 Å². The van der Waals surface area contributed by atoms with E-state index in [0.29, 0.717) is 0 Å². The lowest BCUT2D eigenvalue weighted by Gasteiger charge is -2.24. The number of hydrogen-bond donors (Lipinski definition) is 4. The fourth-order valence-corrected chi connectivity index (χ4v) is 4.94. The van der Waals surface area contributed by atoms with Gasteiger partial charge in [-0.15, -0.1) is 11.3 Å². The molecule has 3 heterocycles. The van der Waals surface area contributed by atoms with Crippen LogP contribution in [0.25, 0.3) is 10.2 Å². The zero-order valence-corrected chi connectivity index (χ0v) is 18.1. The number of rotatable bonds is 5. The number of ether oxygens (including phenoxy) is 1. The maximum absolute atomic E-state index is 13.0. The maximum atomic E-state index is 13.0. The Kier molecular flexibility index (Phi) is 6.09. The second-order valence-electron chi connectivity index (χ2n) is 7.12. The molecule has 158 valence electrons. The van der Waals surface area contributed by atoms with Crippen molar-refractivity contribution in [2.24, 2.45) is 0 Å². The summed E-state index contributed by atoms with van der Waals surface area (Å²) in [5.74, 6) is -0.109. The molecule has 1 aliphatic heterocycles. The first-order chi connectivity index (χ1) is 14.4. The van der Waals surface area contributed by atoms with Crippen LogP contribution in [0.4, 0.5) is 4.79 Å². The largest absolute Gasteiger partial charge is 0.414 e. The molecule has 4 rings (SSSR count). The van der Waals surface area contributed by atoms with Crippen LogP contribution in [0.3, 0.4) is 0 Å². The molecule has 2 amide bonds. The first-order valence-corrected chi connectivity index (χ1v) is 11.0. The van der Waals surface area contributed by atoms with E-state index in [2.05, 4.69) is 26.2 Å². The monoisotopic (exact) mass is 493 g/mol. The van der Waals surface area contributed by atoms with E-state index in [1.807, 2.05) is 36.4 Å². The third kappa shape index (κ3) is 4.67. The van der Waals surface area contributed by atoms with Gasteiger partial charge in [-0.2, -0.15) is 0 Å². The highest BCUT2D eigenvalue weighted by atomic mass is 79.9. The molecule has 0 spiro atoms. The van der Waals surface area contributed by atoms with E-state index in [0.717, 1.165) is 19.6 Å². The molecule has 1 saturated heterocycles. The number of amides is 2. The lowest BCUT2D eigenvalue weighted by Crippen LogP contribution is -2.50. The lowest BCUT2D eigenvalue weighted by atomic mass is 10.1. The van der Waals surface area contributed by atoms with Gasteiger partial charge in [0.05, 0.1) is 26.2 Å². The van der Waals surface area contributed by atoms with Gasteiger partial charge in [-0.3, -0.25) is 4.79 Å². The minimum atomic E-state index is -0.996. The third-order valence-corrected chi connectivity index (χ3v) is 6.48. The fourth-order valence-electron chi connectivity index (χ4n) is 3.41. The number of aromatic nitrogens is 1. The first kappa shape index (κ1) is 20.9. The van der Waals surface area contributed by atoms with Crippen LogP contribution in [0.2, 0.25) is 0 Å². The summed E-state index contributed by atoms with van der Waals surface area (Å²) in [6.07, 6.45) is -2.50. The summed E-state index contributed by atoms with van der Waals surface area (Å²) < 4.78 is 7.23. The summed E-state index contributed by atoms with van der Waals surface area (Å²) in [5, 5.41) is 22.2. The van der Waals surface area contributed by atoms with E-state index in [9.17, 15) is 19.8 Å². The molecule has 8 nitrogen and oxygen atoms in total. The summed E-state index contributed by atoms with van der Waals surface area (Å²) in [4.78, 5) is 29.8. The minimum absolute atomic E-state index is 0.0177. The number of halogens is 1. The van der Waals surface area contributed by atoms with Crippen LogP contribution in [0.1, 0.15) is 5.56 Å². The number of likely N-dealkylation sites (tertiary alicyclic amines) is 1. The van der Waals surface area contributed by atoms with Crippen molar-refractivity contribution < 1.29 is 24.5 Å². The summed E-state index contributed by atoms with van der Waals surface area (Å²) >= 11 is 4.90. The van der Waals surface area contributed by atoms with E-state index in [1.54, 1.807) is 6.07 Å². The van der Waals surface area contributed by atoms with Gasteiger partial charge in [-0.1, -0.05) is 30.3 Å². The summed E-state index contributed by atoms with van der Waals surface area (Å²) in [7, 11) is 0. The van der Waals surface area contributed by atoms with Crippen molar-refractivity contribution in [2.75, 3.05) is 13.1 Å². The Bertz CT molecular complexity index is 1010.